The van der Waals surface area contributed by atoms with Gasteiger partial charge in [-0.3, -0.25) is 9.69 Å². The molecule has 2 saturated heterocycles. The Morgan fingerprint density at radius 3 is 2.45 bits per heavy atom. The zero-order valence-electron chi connectivity index (χ0n) is 18.6. The summed E-state index contributed by atoms with van der Waals surface area (Å²) in [6, 6.07) is 6.02. The maximum Gasteiger partial charge on any atom is 0.236 e. The molecule has 9 heteroatoms. The van der Waals surface area contributed by atoms with Gasteiger partial charge in [-0.15, -0.1) is 0 Å². The largest absolute Gasteiger partial charge is 0.489 e. The molecule has 1 aromatic rings. The van der Waals surface area contributed by atoms with Crippen molar-refractivity contribution in [2.75, 3.05) is 72.1 Å². The van der Waals surface area contributed by atoms with E-state index >= 15 is 0 Å². The number of nitrogens with zero attached hydrogens (tertiary/aromatic N) is 4. The number of amides is 1. The standard InChI is InChI=1S/C22H34FN5O3/c1-3-24-22(25-16-18(2)31-20-6-4-19(23)5-7-20)28-10-8-26(9-11-28)17-21(29)27-12-14-30-15-13-27/h4-7,18H,3,8-17H2,1-2H3,(H,24,25). The Morgan fingerprint density at radius 2 is 1.81 bits per heavy atom. The summed E-state index contributed by atoms with van der Waals surface area (Å²) < 4.78 is 24.2. The second kappa shape index (κ2) is 11.9. The predicted molar refractivity (Wildman–Crippen MR) is 118 cm³/mol. The van der Waals surface area contributed by atoms with E-state index in [2.05, 4.69) is 15.1 Å². The lowest BCUT2D eigenvalue weighted by atomic mass is 10.3. The number of hydrogen-bond donors (Lipinski definition) is 1. The predicted octanol–water partition coefficient (Wildman–Crippen LogP) is 1.03. The molecule has 1 amide bonds. The molecule has 2 fully saturated rings. The summed E-state index contributed by atoms with van der Waals surface area (Å²) in [4.78, 5) is 23.5. The maximum absolute atomic E-state index is 13.0. The Hall–Kier alpha value is -2.39. The molecule has 1 N–H and O–H groups in total. The van der Waals surface area contributed by atoms with Crippen LogP contribution in [0.15, 0.2) is 29.3 Å². The number of morpholine rings is 1. The van der Waals surface area contributed by atoms with E-state index in [-0.39, 0.29) is 17.8 Å². The highest BCUT2D eigenvalue weighted by Gasteiger charge is 2.24. The molecular formula is C22H34FN5O3. The number of rotatable bonds is 7. The highest BCUT2D eigenvalue weighted by Crippen LogP contribution is 2.13. The molecule has 1 atom stereocenters. The van der Waals surface area contributed by atoms with Crippen LogP contribution in [0.1, 0.15) is 13.8 Å². The topological polar surface area (TPSA) is 69.6 Å². The molecule has 0 aromatic heterocycles. The van der Waals surface area contributed by atoms with E-state index in [1.165, 1.54) is 12.1 Å². The first-order chi connectivity index (χ1) is 15.0. The van der Waals surface area contributed by atoms with Crippen molar-refractivity contribution in [2.24, 2.45) is 4.99 Å². The molecule has 0 bridgehead atoms. The van der Waals surface area contributed by atoms with Crippen LogP contribution in [0.25, 0.3) is 0 Å². The Labute approximate surface area is 184 Å². The normalized spacial score (nSPS) is 19.3. The second-order valence-corrected chi connectivity index (χ2v) is 7.83. The van der Waals surface area contributed by atoms with Gasteiger partial charge in [0.05, 0.1) is 26.3 Å². The molecule has 0 spiro atoms. The Bertz CT molecular complexity index is 716. The third-order valence-electron chi connectivity index (χ3n) is 5.38. The summed E-state index contributed by atoms with van der Waals surface area (Å²) in [5.74, 6) is 1.39. The molecule has 3 rings (SSSR count). The molecule has 1 unspecified atom stereocenters. The lowest BCUT2D eigenvalue weighted by molar-refractivity contribution is -0.136. The molecule has 8 nitrogen and oxygen atoms in total. The van der Waals surface area contributed by atoms with Crippen molar-refractivity contribution >= 4 is 11.9 Å². The quantitative estimate of drug-likeness (QED) is 0.510. The van der Waals surface area contributed by atoms with Crippen LogP contribution in [0.4, 0.5) is 4.39 Å². The lowest BCUT2D eigenvalue weighted by Gasteiger charge is -2.37. The molecule has 0 radical (unpaired) electrons. The van der Waals surface area contributed by atoms with Crippen molar-refractivity contribution in [3.8, 4) is 5.75 Å². The summed E-state index contributed by atoms with van der Waals surface area (Å²) >= 11 is 0. The molecule has 31 heavy (non-hydrogen) atoms. The first-order valence-corrected chi connectivity index (χ1v) is 11.1. The van der Waals surface area contributed by atoms with Crippen LogP contribution < -0.4 is 10.1 Å². The summed E-state index contributed by atoms with van der Waals surface area (Å²) in [5, 5.41) is 3.35. The first kappa shape index (κ1) is 23.3. The van der Waals surface area contributed by atoms with E-state index in [1.54, 1.807) is 12.1 Å². The van der Waals surface area contributed by atoms with Crippen LogP contribution in [0, 0.1) is 5.82 Å². The minimum Gasteiger partial charge on any atom is -0.489 e. The third kappa shape index (κ3) is 7.36. The fourth-order valence-corrected chi connectivity index (χ4v) is 3.65. The van der Waals surface area contributed by atoms with Gasteiger partial charge in [-0.05, 0) is 38.1 Å². The molecule has 2 heterocycles. The fraction of sp³-hybridized carbons (Fsp3) is 0.636. The Balaban J connectivity index is 1.46. The van der Waals surface area contributed by atoms with Gasteiger partial charge in [0.15, 0.2) is 5.96 Å². The monoisotopic (exact) mass is 435 g/mol. The van der Waals surface area contributed by atoms with E-state index in [4.69, 9.17) is 14.5 Å². The van der Waals surface area contributed by atoms with Gasteiger partial charge in [-0.25, -0.2) is 9.38 Å². The zero-order valence-corrected chi connectivity index (χ0v) is 18.6. The second-order valence-electron chi connectivity index (χ2n) is 7.83. The molecular weight excluding hydrogens is 401 g/mol. The van der Waals surface area contributed by atoms with E-state index in [0.29, 0.717) is 45.1 Å². The maximum atomic E-state index is 13.0. The van der Waals surface area contributed by atoms with E-state index < -0.39 is 0 Å². The van der Waals surface area contributed by atoms with Crippen molar-refractivity contribution < 1.29 is 18.7 Å². The van der Waals surface area contributed by atoms with Crippen molar-refractivity contribution in [3.63, 3.8) is 0 Å². The van der Waals surface area contributed by atoms with E-state index in [0.717, 1.165) is 38.7 Å². The smallest absolute Gasteiger partial charge is 0.236 e. The van der Waals surface area contributed by atoms with Crippen molar-refractivity contribution in [1.82, 2.24) is 20.0 Å². The number of carbonyl (C=O) groups excluding carboxylic acids is 1. The van der Waals surface area contributed by atoms with Crippen LogP contribution in [0.2, 0.25) is 0 Å². The number of guanidine groups is 1. The number of piperazine rings is 1. The average Bonchev–Trinajstić information content (AvgIpc) is 2.79. The Kier molecular flexibility index (Phi) is 8.90. The first-order valence-electron chi connectivity index (χ1n) is 11.1. The molecule has 172 valence electrons. The van der Waals surface area contributed by atoms with Crippen LogP contribution in [-0.2, 0) is 9.53 Å². The summed E-state index contributed by atoms with van der Waals surface area (Å²) in [7, 11) is 0. The minimum absolute atomic E-state index is 0.133. The van der Waals surface area contributed by atoms with Gasteiger partial charge in [-0.2, -0.15) is 0 Å². The SMILES string of the molecule is CCNC(=NCC(C)Oc1ccc(F)cc1)N1CCN(CC(=O)N2CCOCC2)CC1. The number of nitrogens with one attached hydrogen (secondary N) is 1. The van der Waals surface area contributed by atoms with Crippen molar-refractivity contribution in [1.29, 1.82) is 0 Å². The van der Waals surface area contributed by atoms with Crippen LogP contribution in [-0.4, -0.2) is 105 Å². The number of carbonyl (C=O) groups is 1. The van der Waals surface area contributed by atoms with Gasteiger partial charge in [0.2, 0.25) is 5.91 Å². The molecule has 0 saturated carbocycles. The summed E-state index contributed by atoms with van der Waals surface area (Å²) in [5.41, 5.74) is 0. The van der Waals surface area contributed by atoms with Crippen molar-refractivity contribution in [3.05, 3.63) is 30.1 Å². The van der Waals surface area contributed by atoms with Gasteiger partial charge >= 0.3 is 0 Å². The van der Waals surface area contributed by atoms with Gasteiger partial charge in [0.1, 0.15) is 17.7 Å². The zero-order chi connectivity index (χ0) is 22.1. The van der Waals surface area contributed by atoms with Gasteiger partial charge in [-0.1, -0.05) is 0 Å². The average molecular weight is 436 g/mol. The number of benzene rings is 1. The molecule has 2 aliphatic heterocycles. The molecule has 1 aromatic carbocycles. The summed E-state index contributed by atoms with van der Waals surface area (Å²) in [6.45, 7) is 11.6. The number of hydrogen-bond acceptors (Lipinski definition) is 5. The van der Waals surface area contributed by atoms with Crippen LogP contribution in [0.5, 0.6) is 5.75 Å². The number of aliphatic imine (C=N–C) groups is 1. The van der Waals surface area contributed by atoms with Crippen LogP contribution in [0.3, 0.4) is 0 Å². The van der Waals surface area contributed by atoms with Gasteiger partial charge < -0.3 is 24.6 Å². The van der Waals surface area contributed by atoms with Crippen molar-refractivity contribution in [2.45, 2.75) is 20.0 Å². The van der Waals surface area contributed by atoms with E-state index in [9.17, 15) is 9.18 Å². The highest BCUT2D eigenvalue weighted by atomic mass is 19.1. The van der Waals surface area contributed by atoms with Gasteiger partial charge in [0.25, 0.3) is 0 Å². The Morgan fingerprint density at radius 1 is 1.13 bits per heavy atom. The van der Waals surface area contributed by atoms with Gasteiger partial charge in [0, 0.05) is 45.8 Å². The molecule has 0 aliphatic carbocycles. The number of halogens is 1. The third-order valence-corrected chi connectivity index (χ3v) is 5.38. The minimum atomic E-state index is -0.279. The fourth-order valence-electron chi connectivity index (χ4n) is 3.65. The van der Waals surface area contributed by atoms with E-state index in [1.807, 2.05) is 18.7 Å². The number of ether oxygens (including phenoxy) is 2. The summed E-state index contributed by atoms with van der Waals surface area (Å²) in [6.07, 6.45) is -0.133. The highest BCUT2D eigenvalue weighted by molar-refractivity contribution is 5.80. The van der Waals surface area contributed by atoms with Crippen LogP contribution >= 0.6 is 0 Å². The lowest BCUT2D eigenvalue weighted by Crippen LogP contribution is -2.55. The molecule has 2 aliphatic rings.